The molecule has 1 atom stereocenters. The molecule has 0 spiro atoms. The lowest BCUT2D eigenvalue weighted by molar-refractivity contribution is -0.201. The number of alkyl halides is 6. The lowest BCUT2D eigenvalue weighted by Gasteiger charge is -2.41. The van der Waals surface area contributed by atoms with Gasteiger partial charge in [0.15, 0.2) is 11.3 Å². The summed E-state index contributed by atoms with van der Waals surface area (Å²) in [4.78, 5) is 25.0. The predicted molar refractivity (Wildman–Crippen MR) is 115 cm³/mol. The van der Waals surface area contributed by atoms with E-state index in [-0.39, 0.29) is 41.3 Å². The van der Waals surface area contributed by atoms with Gasteiger partial charge in [-0.25, -0.2) is 0 Å². The van der Waals surface area contributed by atoms with Crippen molar-refractivity contribution in [3.05, 3.63) is 57.3 Å². The number of carbonyl (C=O) groups excluding carboxylic acids is 2. The highest BCUT2D eigenvalue weighted by molar-refractivity contribution is 7.15. The maximum atomic E-state index is 14.4. The molecule has 1 aromatic heterocycles. The molecule has 1 amide bonds. The zero-order valence-electron chi connectivity index (χ0n) is 18.2. The second-order valence-electron chi connectivity index (χ2n) is 7.95. The van der Waals surface area contributed by atoms with Crippen molar-refractivity contribution in [3.63, 3.8) is 0 Å². The van der Waals surface area contributed by atoms with Crippen molar-refractivity contribution in [2.75, 3.05) is 6.61 Å². The van der Waals surface area contributed by atoms with E-state index < -0.39 is 36.6 Å². The third-order valence-electron chi connectivity index (χ3n) is 5.52. The van der Waals surface area contributed by atoms with Crippen LogP contribution in [0.3, 0.4) is 0 Å². The Labute approximate surface area is 195 Å². The van der Waals surface area contributed by atoms with E-state index in [0.717, 1.165) is 23.5 Å². The minimum Gasteiger partial charge on any atom is -0.494 e. The van der Waals surface area contributed by atoms with Gasteiger partial charge < -0.3 is 10.1 Å². The summed E-state index contributed by atoms with van der Waals surface area (Å²) in [5.41, 5.74) is -2.66. The molecule has 2 heterocycles. The zero-order chi connectivity index (χ0) is 25.3. The van der Waals surface area contributed by atoms with Crippen molar-refractivity contribution >= 4 is 28.6 Å². The average Bonchev–Trinajstić information content (AvgIpc) is 3.22. The fourth-order valence-electron chi connectivity index (χ4n) is 3.64. The number of thiophene rings is 1. The van der Waals surface area contributed by atoms with Crippen LogP contribution < -0.4 is 10.1 Å². The average molecular weight is 505 g/mol. The molecule has 0 fully saturated rings. The van der Waals surface area contributed by atoms with E-state index in [2.05, 4.69) is 5.32 Å². The van der Waals surface area contributed by atoms with Crippen LogP contribution in [-0.2, 0) is 10.3 Å². The molecule has 0 radical (unpaired) electrons. The van der Waals surface area contributed by atoms with E-state index in [0.29, 0.717) is 9.75 Å². The molecule has 1 N–H and O–H groups in total. The maximum absolute atomic E-state index is 14.4. The number of amides is 1. The van der Waals surface area contributed by atoms with E-state index in [9.17, 15) is 35.9 Å². The number of ketones is 1. The summed E-state index contributed by atoms with van der Waals surface area (Å²) in [6, 6.07) is 7.77. The minimum atomic E-state index is -4.87. The fourth-order valence-corrected chi connectivity index (χ4v) is 4.64. The Morgan fingerprint density at radius 3 is 2.26 bits per heavy atom. The quantitative estimate of drug-likeness (QED) is 0.268. The Bertz CT molecular complexity index is 1100. The highest BCUT2D eigenvalue weighted by atomic mass is 32.1. The van der Waals surface area contributed by atoms with Crippen LogP contribution in [0.15, 0.2) is 42.0 Å². The van der Waals surface area contributed by atoms with Gasteiger partial charge in [-0.2, -0.15) is 26.3 Å². The molecule has 0 aliphatic carbocycles. The Kier molecular flexibility index (Phi) is 7.16. The first-order valence-corrected chi connectivity index (χ1v) is 11.1. The first kappa shape index (κ1) is 25.8. The number of Topliss-reactive ketones (excluding diaryl/α,β-unsaturated/α-hetero) is 1. The summed E-state index contributed by atoms with van der Waals surface area (Å²) in [7, 11) is 0. The molecule has 1 aliphatic heterocycles. The lowest BCUT2D eigenvalue weighted by atomic mass is 9.78. The summed E-state index contributed by atoms with van der Waals surface area (Å²) in [5, 5.41) is 2.10. The molecule has 1 aromatic carbocycles. The van der Waals surface area contributed by atoms with E-state index in [1.54, 1.807) is 0 Å². The van der Waals surface area contributed by atoms with Gasteiger partial charge in [0.25, 0.3) is 0 Å². The summed E-state index contributed by atoms with van der Waals surface area (Å²) in [6.07, 6.45) is -11.1. The number of hydrogen-bond acceptors (Lipinski definition) is 4. The van der Waals surface area contributed by atoms with Crippen LogP contribution in [0.5, 0.6) is 5.75 Å². The standard InChI is InChI=1S/C23H21F6NO3S/c1-13-17(19-9-8-18(34-19)14(2)31)12-21(23(27,28)29,30-20(13)32)15-4-6-16(7-5-15)33-11-3-10-22(24,25)26/h4-9H,3,10-12H2,1-2H3,(H,30,32)/t21-/m0/s1. The van der Waals surface area contributed by atoms with Gasteiger partial charge in [0.05, 0.1) is 11.5 Å². The van der Waals surface area contributed by atoms with Crippen molar-refractivity contribution in [3.8, 4) is 5.75 Å². The first-order valence-electron chi connectivity index (χ1n) is 10.2. The summed E-state index contributed by atoms with van der Waals surface area (Å²) in [6.45, 7) is 2.52. The zero-order valence-corrected chi connectivity index (χ0v) is 19.0. The fraction of sp³-hybridized carbons (Fsp3) is 0.391. The summed E-state index contributed by atoms with van der Waals surface area (Å²) in [5.74, 6) is -1.01. The van der Waals surface area contributed by atoms with Gasteiger partial charge in [0, 0.05) is 23.3 Å². The molecule has 0 saturated carbocycles. The second-order valence-corrected chi connectivity index (χ2v) is 9.03. The largest absolute Gasteiger partial charge is 0.494 e. The summed E-state index contributed by atoms with van der Waals surface area (Å²) >= 11 is 1.02. The molecule has 2 aromatic rings. The molecule has 34 heavy (non-hydrogen) atoms. The topological polar surface area (TPSA) is 55.4 Å². The van der Waals surface area contributed by atoms with Gasteiger partial charge in [0.2, 0.25) is 5.91 Å². The van der Waals surface area contributed by atoms with Crippen LogP contribution in [0, 0.1) is 0 Å². The number of carbonyl (C=O) groups is 2. The summed E-state index contributed by atoms with van der Waals surface area (Å²) < 4.78 is 85.2. The number of rotatable bonds is 7. The third-order valence-corrected chi connectivity index (χ3v) is 6.76. The van der Waals surface area contributed by atoms with Gasteiger partial charge in [-0.1, -0.05) is 12.1 Å². The van der Waals surface area contributed by atoms with Gasteiger partial charge >= 0.3 is 12.4 Å². The smallest absolute Gasteiger partial charge is 0.416 e. The SMILES string of the molecule is CC(=O)c1ccc(C2=C(C)C(=O)N[C@@](c3ccc(OCCCC(F)(F)F)cc3)(C(F)(F)F)C2)s1. The van der Waals surface area contributed by atoms with E-state index in [1.165, 1.54) is 38.1 Å². The third kappa shape index (κ3) is 5.45. The number of benzene rings is 1. The van der Waals surface area contributed by atoms with Crippen molar-refractivity contribution in [2.24, 2.45) is 0 Å². The molecule has 0 unspecified atom stereocenters. The normalized spacial score (nSPS) is 19.2. The highest BCUT2D eigenvalue weighted by Crippen LogP contribution is 2.49. The predicted octanol–water partition coefficient (Wildman–Crippen LogP) is 6.42. The van der Waals surface area contributed by atoms with E-state index >= 15 is 0 Å². The molecular weight excluding hydrogens is 484 g/mol. The van der Waals surface area contributed by atoms with Gasteiger partial charge in [-0.05, 0) is 55.7 Å². The number of halogens is 6. The van der Waals surface area contributed by atoms with Gasteiger partial charge in [0.1, 0.15) is 5.75 Å². The van der Waals surface area contributed by atoms with E-state index in [1.807, 2.05) is 0 Å². The van der Waals surface area contributed by atoms with Crippen molar-refractivity contribution < 1.29 is 40.7 Å². The number of ether oxygens (including phenoxy) is 1. The number of nitrogens with one attached hydrogen (secondary N) is 1. The van der Waals surface area contributed by atoms with Gasteiger partial charge in [-0.15, -0.1) is 11.3 Å². The first-order chi connectivity index (χ1) is 15.7. The van der Waals surface area contributed by atoms with Crippen molar-refractivity contribution in [2.45, 2.75) is 51.0 Å². The van der Waals surface area contributed by atoms with Crippen LogP contribution in [-0.4, -0.2) is 30.6 Å². The Morgan fingerprint density at radius 2 is 1.74 bits per heavy atom. The van der Waals surface area contributed by atoms with E-state index in [4.69, 9.17) is 4.74 Å². The Hall–Kier alpha value is -2.82. The molecule has 184 valence electrons. The van der Waals surface area contributed by atoms with Crippen LogP contribution >= 0.6 is 11.3 Å². The second kappa shape index (κ2) is 9.44. The van der Waals surface area contributed by atoms with Crippen LogP contribution in [0.4, 0.5) is 26.3 Å². The molecule has 4 nitrogen and oxygen atoms in total. The molecular formula is C23H21F6NO3S. The van der Waals surface area contributed by atoms with Crippen molar-refractivity contribution in [1.82, 2.24) is 5.32 Å². The monoisotopic (exact) mass is 505 g/mol. The van der Waals surface area contributed by atoms with Crippen molar-refractivity contribution in [1.29, 1.82) is 0 Å². The Balaban J connectivity index is 1.90. The minimum absolute atomic E-state index is 0.113. The molecule has 0 bridgehead atoms. The van der Waals surface area contributed by atoms with Crippen LogP contribution in [0.1, 0.15) is 53.2 Å². The number of hydrogen-bond donors (Lipinski definition) is 1. The van der Waals surface area contributed by atoms with Crippen LogP contribution in [0.2, 0.25) is 0 Å². The maximum Gasteiger partial charge on any atom is 0.416 e. The molecule has 11 heteroatoms. The highest BCUT2D eigenvalue weighted by Gasteiger charge is 2.59. The lowest BCUT2D eigenvalue weighted by Crippen LogP contribution is -2.58. The Morgan fingerprint density at radius 1 is 1.09 bits per heavy atom. The molecule has 1 aliphatic rings. The van der Waals surface area contributed by atoms with Gasteiger partial charge in [-0.3, -0.25) is 9.59 Å². The molecule has 0 saturated heterocycles. The van der Waals surface area contributed by atoms with Crippen LogP contribution in [0.25, 0.3) is 5.57 Å². The molecule has 3 rings (SSSR count).